The summed E-state index contributed by atoms with van der Waals surface area (Å²) in [5.41, 5.74) is 0. The first-order chi connectivity index (χ1) is 8.14. The van der Waals surface area contributed by atoms with Crippen LogP contribution in [0.5, 0.6) is 0 Å². The zero-order valence-corrected chi connectivity index (χ0v) is 13.1. The van der Waals surface area contributed by atoms with Gasteiger partial charge < -0.3 is 9.74 Å². The standard InChI is InChI=1S/C14H31NOSi/c1-4-12-16-17(2,3)13-8-11-15-14-9-6-5-7-10-14/h14-15H,4-13H2,1-3H3. The van der Waals surface area contributed by atoms with Crippen molar-refractivity contribution in [3.63, 3.8) is 0 Å². The highest BCUT2D eigenvalue weighted by molar-refractivity contribution is 6.71. The zero-order chi connectivity index (χ0) is 12.6. The van der Waals surface area contributed by atoms with Gasteiger partial charge in [-0.1, -0.05) is 26.2 Å². The first kappa shape index (κ1) is 15.2. The van der Waals surface area contributed by atoms with Crippen molar-refractivity contribution in [3.05, 3.63) is 0 Å². The lowest BCUT2D eigenvalue weighted by Crippen LogP contribution is -2.35. The number of rotatable bonds is 8. The van der Waals surface area contributed by atoms with Gasteiger partial charge in [0.05, 0.1) is 0 Å². The third-order valence-corrected chi connectivity index (χ3v) is 6.23. The van der Waals surface area contributed by atoms with Crippen molar-refractivity contribution in [2.24, 2.45) is 0 Å². The summed E-state index contributed by atoms with van der Waals surface area (Å²) in [4.78, 5) is 0. The SMILES string of the molecule is CCCO[Si](C)(C)CCCNC1CCCCC1. The molecule has 0 saturated heterocycles. The summed E-state index contributed by atoms with van der Waals surface area (Å²) in [7, 11) is -1.35. The van der Waals surface area contributed by atoms with E-state index in [4.69, 9.17) is 4.43 Å². The van der Waals surface area contributed by atoms with Crippen molar-refractivity contribution in [1.29, 1.82) is 0 Å². The summed E-state index contributed by atoms with van der Waals surface area (Å²) >= 11 is 0. The van der Waals surface area contributed by atoms with Crippen LogP contribution in [0.3, 0.4) is 0 Å². The van der Waals surface area contributed by atoms with Gasteiger partial charge in [0, 0.05) is 12.6 Å². The minimum absolute atomic E-state index is 0.810. The highest BCUT2D eigenvalue weighted by Crippen LogP contribution is 2.18. The van der Waals surface area contributed by atoms with Crippen LogP contribution in [-0.4, -0.2) is 27.5 Å². The molecule has 0 aromatic rings. The molecule has 0 heterocycles. The largest absolute Gasteiger partial charge is 0.417 e. The molecule has 0 aromatic carbocycles. The van der Waals surface area contributed by atoms with Gasteiger partial charge in [-0.15, -0.1) is 0 Å². The Balaban J connectivity index is 2.02. The molecule has 0 radical (unpaired) electrons. The van der Waals surface area contributed by atoms with E-state index in [0.29, 0.717) is 0 Å². The van der Waals surface area contributed by atoms with E-state index in [0.717, 1.165) is 19.1 Å². The maximum atomic E-state index is 5.98. The molecule has 1 N–H and O–H groups in total. The molecule has 1 aliphatic carbocycles. The molecular weight excluding hydrogens is 226 g/mol. The Morgan fingerprint density at radius 2 is 1.88 bits per heavy atom. The van der Waals surface area contributed by atoms with Crippen LogP contribution >= 0.6 is 0 Å². The van der Waals surface area contributed by atoms with Crippen molar-refractivity contribution in [1.82, 2.24) is 5.32 Å². The molecule has 0 bridgehead atoms. The third-order valence-electron chi connectivity index (χ3n) is 3.69. The number of hydrogen-bond donors (Lipinski definition) is 1. The normalized spacial score (nSPS) is 18.5. The molecule has 1 fully saturated rings. The van der Waals surface area contributed by atoms with E-state index in [-0.39, 0.29) is 0 Å². The summed E-state index contributed by atoms with van der Waals surface area (Å²) in [5, 5.41) is 3.72. The van der Waals surface area contributed by atoms with Crippen LogP contribution in [0.4, 0.5) is 0 Å². The molecule has 2 nitrogen and oxygen atoms in total. The molecule has 0 amide bonds. The second kappa shape index (κ2) is 8.28. The van der Waals surface area contributed by atoms with Crippen LogP contribution in [0.25, 0.3) is 0 Å². The highest BCUT2D eigenvalue weighted by atomic mass is 28.4. The van der Waals surface area contributed by atoms with Crippen LogP contribution in [0, 0.1) is 0 Å². The van der Waals surface area contributed by atoms with E-state index >= 15 is 0 Å². The predicted molar refractivity (Wildman–Crippen MR) is 78.0 cm³/mol. The Bertz CT molecular complexity index is 191. The van der Waals surface area contributed by atoms with Crippen molar-refractivity contribution < 1.29 is 4.43 Å². The molecule has 3 heteroatoms. The van der Waals surface area contributed by atoms with Crippen LogP contribution < -0.4 is 5.32 Å². The minimum Gasteiger partial charge on any atom is -0.417 e. The van der Waals surface area contributed by atoms with E-state index in [2.05, 4.69) is 25.3 Å². The van der Waals surface area contributed by atoms with E-state index < -0.39 is 8.32 Å². The van der Waals surface area contributed by atoms with Crippen molar-refractivity contribution in [2.75, 3.05) is 13.2 Å². The molecule has 102 valence electrons. The summed E-state index contributed by atoms with van der Waals surface area (Å²) in [5.74, 6) is 0. The zero-order valence-electron chi connectivity index (χ0n) is 12.1. The van der Waals surface area contributed by atoms with Gasteiger partial charge in [-0.25, -0.2) is 0 Å². The van der Waals surface area contributed by atoms with E-state index in [1.165, 1.54) is 51.1 Å². The first-order valence-corrected chi connectivity index (χ1v) is 10.6. The summed E-state index contributed by atoms with van der Waals surface area (Å²) < 4.78 is 5.98. The van der Waals surface area contributed by atoms with E-state index in [9.17, 15) is 0 Å². The average Bonchev–Trinajstić information content (AvgIpc) is 2.34. The van der Waals surface area contributed by atoms with Gasteiger partial charge in [-0.05, 0) is 51.4 Å². The second-order valence-electron chi connectivity index (χ2n) is 6.00. The highest BCUT2D eigenvalue weighted by Gasteiger charge is 2.21. The Labute approximate surface area is 109 Å². The molecule has 0 spiro atoms. The van der Waals surface area contributed by atoms with Crippen LogP contribution in [0.2, 0.25) is 19.1 Å². The fraction of sp³-hybridized carbons (Fsp3) is 1.00. The van der Waals surface area contributed by atoms with Crippen LogP contribution in [0.15, 0.2) is 0 Å². The van der Waals surface area contributed by atoms with Crippen LogP contribution in [-0.2, 0) is 4.43 Å². The molecule has 1 saturated carbocycles. The van der Waals surface area contributed by atoms with Gasteiger partial charge >= 0.3 is 0 Å². The van der Waals surface area contributed by atoms with Gasteiger partial charge in [-0.3, -0.25) is 0 Å². The van der Waals surface area contributed by atoms with Crippen molar-refractivity contribution >= 4 is 8.32 Å². The summed E-state index contributed by atoms with van der Waals surface area (Å²) in [6.45, 7) is 9.04. The van der Waals surface area contributed by atoms with E-state index in [1.807, 2.05) is 0 Å². The third kappa shape index (κ3) is 7.22. The monoisotopic (exact) mass is 257 g/mol. The summed E-state index contributed by atoms with van der Waals surface area (Å²) in [6, 6.07) is 2.11. The lowest BCUT2D eigenvalue weighted by atomic mass is 9.95. The lowest BCUT2D eigenvalue weighted by Gasteiger charge is -2.25. The van der Waals surface area contributed by atoms with E-state index in [1.54, 1.807) is 0 Å². The molecule has 0 unspecified atom stereocenters. The second-order valence-corrected chi connectivity index (χ2v) is 10.3. The maximum Gasteiger partial charge on any atom is 0.186 e. The topological polar surface area (TPSA) is 21.3 Å². The average molecular weight is 257 g/mol. The smallest absolute Gasteiger partial charge is 0.186 e. The predicted octanol–water partition coefficient (Wildman–Crippen LogP) is 3.93. The molecule has 0 atom stereocenters. The van der Waals surface area contributed by atoms with Gasteiger partial charge in [0.2, 0.25) is 0 Å². The molecule has 1 aliphatic rings. The maximum absolute atomic E-state index is 5.98. The fourth-order valence-corrected chi connectivity index (χ4v) is 4.51. The minimum atomic E-state index is -1.35. The fourth-order valence-electron chi connectivity index (χ4n) is 2.58. The lowest BCUT2D eigenvalue weighted by molar-refractivity contribution is 0.304. The molecular formula is C14H31NOSi. The van der Waals surface area contributed by atoms with Gasteiger partial charge in [0.25, 0.3) is 0 Å². The Hall–Kier alpha value is 0.137. The Kier molecular flexibility index (Phi) is 7.40. The molecule has 17 heavy (non-hydrogen) atoms. The Morgan fingerprint density at radius 3 is 2.53 bits per heavy atom. The molecule has 1 rings (SSSR count). The Morgan fingerprint density at radius 1 is 1.18 bits per heavy atom. The molecule has 0 aromatic heterocycles. The molecule has 0 aliphatic heterocycles. The number of hydrogen-bond acceptors (Lipinski definition) is 2. The quantitative estimate of drug-likeness (QED) is 0.525. The van der Waals surface area contributed by atoms with Gasteiger partial charge in [-0.2, -0.15) is 0 Å². The van der Waals surface area contributed by atoms with Crippen LogP contribution in [0.1, 0.15) is 51.9 Å². The van der Waals surface area contributed by atoms with Gasteiger partial charge in [0.1, 0.15) is 0 Å². The van der Waals surface area contributed by atoms with Crippen molar-refractivity contribution in [2.45, 2.75) is 77.0 Å². The van der Waals surface area contributed by atoms with Gasteiger partial charge in [0.15, 0.2) is 8.32 Å². The summed E-state index contributed by atoms with van der Waals surface area (Å²) in [6.07, 6.45) is 9.54. The first-order valence-electron chi connectivity index (χ1n) is 7.51. The van der Waals surface area contributed by atoms with Crippen molar-refractivity contribution in [3.8, 4) is 0 Å². The number of nitrogens with one attached hydrogen (secondary N) is 1.